The van der Waals surface area contributed by atoms with E-state index in [1.807, 2.05) is 6.92 Å². The zero-order valence-corrected chi connectivity index (χ0v) is 20.9. The van der Waals surface area contributed by atoms with Gasteiger partial charge in [0.15, 0.2) is 0 Å². The van der Waals surface area contributed by atoms with Crippen molar-refractivity contribution in [2.45, 2.75) is 51.1 Å². The molecule has 2 aromatic carbocycles. The first-order valence-electron chi connectivity index (χ1n) is 11.5. The summed E-state index contributed by atoms with van der Waals surface area (Å²) in [4.78, 5) is 7.26. The van der Waals surface area contributed by atoms with Crippen LogP contribution < -0.4 is 5.32 Å². The smallest absolute Gasteiger partial charge is 0.366 e. The van der Waals surface area contributed by atoms with E-state index in [1.165, 1.54) is 29.5 Å². The summed E-state index contributed by atoms with van der Waals surface area (Å²) in [7, 11) is 0. The first kappa shape index (κ1) is 25.9. The lowest BCUT2D eigenvalue weighted by atomic mass is 10.0. The molecule has 0 radical (unpaired) electrons. The molecule has 34 heavy (non-hydrogen) atoms. The Bertz CT molecular complexity index is 1090. The summed E-state index contributed by atoms with van der Waals surface area (Å²) in [5.41, 5.74) is 4.50. The van der Waals surface area contributed by atoms with Gasteiger partial charge in [-0.1, -0.05) is 62.5 Å². The van der Waals surface area contributed by atoms with Crippen molar-refractivity contribution >= 4 is 17.6 Å². The second-order valence-electron chi connectivity index (χ2n) is 8.61. The highest BCUT2D eigenvalue weighted by Crippen LogP contribution is 2.36. The van der Waals surface area contributed by atoms with E-state index >= 15 is 0 Å². The van der Waals surface area contributed by atoms with E-state index in [0.29, 0.717) is 11.4 Å². The van der Waals surface area contributed by atoms with Gasteiger partial charge in [0, 0.05) is 29.2 Å². The Balaban J connectivity index is 1.70. The van der Waals surface area contributed by atoms with E-state index < -0.39 is 11.7 Å². The lowest BCUT2D eigenvalue weighted by Gasteiger charge is -2.27. The van der Waals surface area contributed by atoms with Gasteiger partial charge in [0.2, 0.25) is 0 Å². The Labute approximate surface area is 204 Å². The highest BCUT2D eigenvalue weighted by Gasteiger charge is 2.31. The van der Waals surface area contributed by atoms with Crippen LogP contribution in [0.5, 0.6) is 0 Å². The van der Waals surface area contributed by atoms with Gasteiger partial charge in [-0.3, -0.25) is 4.99 Å². The highest BCUT2D eigenvalue weighted by molar-refractivity contribution is 8.03. The summed E-state index contributed by atoms with van der Waals surface area (Å²) in [5.74, 6) is 0.861. The number of halogens is 3. The number of aryl methyl sites for hydroxylation is 2. The third-order valence-corrected chi connectivity index (χ3v) is 6.97. The van der Waals surface area contributed by atoms with Crippen molar-refractivity contribution in [3.8, 4) is 0 Å². The number of thioether (sulfide) groups is 1. The third-order valence-electron chi connectivity index (χ3n) is 5.82. The average Bonchev–Trinajstić information content (AvgIpc) is 3.20. The molecule has 0 saturated heterocycles. The number of aliphatic imine (C=N–C) groups is 1. The summed E-state index contributed by atoms with van der Waals surface area (Å²) in [6.07, 6.45) is -1.51. The minimum Gasteiger partial charge on any atom is -0.366 e. The SMILES string of the molecule is C=C1CN=C(c2ccc(CCN(CCCC)C(=C)Sc3cc(C(F)(F)F)ccc3C)cc2C)N1. The van der Waals surface area contributed by atoms with Gasteiger partial charge in [-0.25, -0.2) is 0 Å². The molecule has 0 amide bonds. The van der Waals surface area contributed by atoms with Crippen LogP contribution in [0.3, 0.4) is 0 Å². The number of amidine groups is 1. The molecule has 0 fully saturated rings. The average molecular weight is 488 g/mol. The first-order chi connectivity index (χ1) is 16.1. The normalized spacial score (nSPS) is 13.6. The van der Waals surface area contributed by atoms with Crippen molar-refractivity contribution < 1.29 is 13.2 Å². The third kappa shape index (κ3) is 6.69. The quantitative estimate of drug-likeness (QED) is 0.363. The van der Waals surface area contributed by atoms with Crippen LogP contribution in [-0.4, -0.2) is 30.4 Å². The molecule has 0 spiro atoms. The van der Waals surface area contributed by atoms with Crippen molar-refractivity contribution in [2.24, 2.45) is 4.99 Å². The molecule has 1 aliphatic heterocycles. The molecular formula is C27H32F3N3S. The molecule has 182 valence electrons. The Kier molecular flexibility index (Phi) is 8.52. The number of benzene rings is 2. The second kappa shape index (κ2) is 11.2. The molecule has 0 saturated carbocycles. The van der Waals surface area contributed by atoms with Crippen LogP contribution in [0.4, 0.5) is 13.2 Å². The highest BCUT2D eigenvalue weighted by atomic mass is 32.2. The fraction of sp³-hybridized carbons (Fsp3) is 0.370. The first-order valence-corrected chi connectivity index (χ1v) is 12.3. The molecular weight excluding hydrogens is 455 g/mol. The summed E-state index contributed by atoms with van der Waals surface area (Å²) in [6.45, 7) is 16.3. The lowest BCUT2D eigenvalue weighted by molar-refractivity contribution is -0.137. The van der Waals surface area contributed by atoms with Crippen LogP contribution >= 0.6 is 11.8 Å². The van der Waals surface area contributed by atoms with Gasteiger partial charge in [-0.2, -0.15) is 13.2 Å². The van der Waals surface area contributed by atoms with Crippen molar-refractivity contribution in [2.75, 3.05) is 19.6 Å². The molecule has 2 aromatic rings. The lowest BCUT2D eigenvalue weighted by Crippen LogP contribution is -2.25. The molecule has 0 bridgehead atoms. The van der Waals surface area contributed by atoms with Gasteiger partial charge >= 0.3 is 6.18 Å². The van der Waals surface area contributed by atoms with Crippen molar-refractivity contribution in [3.05, 3.63) is 88.1 Å². The molecule has 1 heterocycles. The van der Waals surface area contributed by atoms with Crippen molar-refractivity contribution in [3.63, 3.8) is 0 Å². The fourth-order valence-electron chi connectivity index (χ4n) is 3.77. The van der Waals surface area contributed by atoms with Gasteiger partial charge in [-0.05, 0) is 55.5 Å². The maximum Gasteiger partial charge on any atom is 0.416 e. The molecule has 1 N–H and O–H groups in total. The Hall–Kier alpha value is -2.67. The number of alkyl halides is 3. The molecule has 0 atom stereocenters. The number of rotatable bonds is 10. The number of hydrogen-bond acceptors (Lipinski definition) is 4. The molecule has 3 nitrogen and oxygen atoms in total. The molecule has 7 heteroatoms. The Morgan fingerprint density at radius 1 is 1.12 bits per heavy atom. The van der Waals surface area contributed by atoms with Gasteiger partial charge < -0.3 is 10.2 Å². The summed E-state index contributed by atoms with van der Waals surface area (Å²) >= 11 is 1.32. The zero-order chi connectivity index (χ0) is 24.9. The van der Waals surface area contributed by atoms with Crippen LogP contribution in [0, 0.1) is 13.8 Å². The van der Waals surface area contributed by atoms with Crippen molar-refractivity contribution in [1.82, 2.24) is 10.2 Å². The topological polar surface area (TPSA) is 27.6 Å². The van der Waals surface area contributed by atoms with E-state index in [1.54, 1.807) is 0 Å². The van der Waals surface area contributed by atoms with Gasteiger partial charge in [0.1, 0.15) is 5.84 Å². The Morgan fingerprint density at radius 2 is 1.88 bits per heavy atom. The van der Waals surface area contributed by atoms with Gasteiger partial charge in [0.05, 0.1) is 17.1 Å². The largest absolute Gasteiger partial charge is 0.416 e. The van der Waals surface area contributed by atoms with E-state index in [2.05, 4.69) is 60.4 Å². The molecule has 3 rings (SSSR count). The Morgan fingerprint density at radius 3 is 2.50 bits per heavy atom. The number of nitrogens with one attached hydrogen (secondary N) is 1. The van der Waals surface area contributed by atoms with Crippen LogP contribution in [-0.2, 0) is 12.6 Å². The summed E-state index contributed by atoms with van der Waals surface area (Å²) < 4.78 is 39.6. The standard InChI is InChI=1S/C27H32F3N3S/c1-6-7-13-33(21(5)34-25-16-23(27(28,29)30)10-8-18(25)2)14-12-22-9-11-24(19(3)15-22)26-31-17-20(4)32-26/h8-11,15-16H,4-7,12-14,17H2,1-3H3,(H,31,32). The zero-order valence-electron chi connectivity index (χ0n) is 20.1. The molecule has 0 aliphatic carbocycles. The number of hydrogen-bond donors (Lipinski definition) is 1. The predicted octanol–water partition coefficient (Wildman–Crippen LogP) is 7.09. The molecule has 0 aromatic heterocycles. The van der Waals surface area contributed by atoms with Crippen LogP contribution in [0.25, 0.3) is 0 Å². The number of unbranched alkanes of at least 4 members (excludes halogenated alkanes) is 1. The van der Waals surface area contributed by atoms with Gasteiger partial charge in [-0.15, -0.1) is 0 Å². The fourth-order valence-corrected chi connectivity index (χ4v) is 4.75. The van der Waals surface area contributed by atoms with Crippen molar-refractivity contribution in [1.29, 1.82) is 0 Å². The van der Waals surface area contributed by atoms with Gasteiger partial charge in [0.25, 0.3) is 0 Å². The number of nitrogens with zero attached hydrogens (tertiary/aromatic N) is 2. The molecule has 1 aliphatic rings. The van der Waals surface area contributed by atoms with E-state index in [4.69, 9.17) is 0 Å². The maximum absolute atomic E-state index is 13.2. The predicted molar refractivity (Wildman–Crippen MR) is 136 cm³/mol. The monoisotopic (exact) mass is 487 g/mol. The summed E-state index contributed by atoms with van der Waals surface area (Å²) in [5, 5.41) is 3.99. The second-order valence-corrected chi connectivity index (χ2v) is 9.72. The maximum atomic E-state index is 13.2. The summed E-state index contributed by atoms with van der Waals surface area (Å²) in [6, 6.07) is 10.2. The minimum atomic E-state index is -4.36. The van der Waals surface area contributed by atoms with Crippen LogP contribution in [0.2, 0.25) is 0 Å². The van der Waals surface area contributed by atoms with Crippen LogP contribution in [0.15, 0.2) is 70.2 Å². The van der Waals surface area contributed by atoms with E-state index in [9.17, 15) is 13.2 Å². The minimum absolute atomic E-state index is 0.591. The molecule has 0 unspecified atom stereocenters. The van der Waals surface area contributed by atoms with Crippen LogP contribution in [0.1, 0.15) is 47.6 Å². The van der Waals surface area contributed by atoms with E-state index in [-0.39, 0.29) is 0 Å². The van der Waals surface area contributed by atoms with E-state index in [0.717, 1.165) is 71.7 Å².